The van der Waals surface area contributed by atoms with Crippen LogP contribution in [0, 0.1) is 5.92 Å². The Hall–Kier alpha value is -1.02. The standard InChI is InChI=1S/C18H31N3O2.HI/c1-14(2)12-23-17-8-6-16(7-9-17)10-11-20-18(19-4)21-15(3)13-22-5;/h6-9,14-15H,10-13H2,1-5H3,(H2,19,20,21);1H. The fourth-order valence-electron chi connectivity index (χ4n) is 2.06. The molecule has 138 valence electrons. The summed E-state index contributed by atoms with van der Waals surface area (Å²) in [6.45, 7) is 8.59. The number of ether oxygens (including phenoxy) is 2. The van der Waals surface area contributed by atoms with Crippen molar-refractivity contribution in [3.8, 4) is 5.75 Å². The number of hydrogen-bond donors (Lipinski definition) is 2. The number of aliphatic imine (C=N–C) groups is 1. The Balaban J connectivity index is 0.00000529. The zero-order valence-electron chi connectivity index (χ0n) is 15.5. The van der Waals surface area contributed by atoms with E-state index in [0.29, 0.717) is 12.5 Å². The molecule has 0 bridgehead atoms. The van der Waals surface area contributed by atoms with E-state index >= 15 is 0 Å². The van der Waals surface area contributed by atoms with Crippen LogP contribution in [0.1, 0.15) is 26.3 Å². The minimum absolute atomic E-state index is 0. The smallest absolute Gasteiger partial charge is 0.191 e. The summed E-state index contributed by atoms with van der Waals surface area (Å²) < 4.78 is 10.8. The average molecular weight is 449 g/mol. The highest BCUT2D eigenvalue weighted by atomic mass is 127. The number of hydrogen-bond acceptors (Lipinski definition) is 3. The molecule has 0 aromatic heterocycles. The molecule has 0 radical (unpaired) electrons. The molecule has 5 nitrogen and oxygen atoms in total. The lowest BCUT2D eigenvalue weighted by molar-refractivity contribution is 0.179. The molecule has 2 N–H and O–H groups in total. The van der Waals surface area contributed by atoms with Crippen LogP contribution in [-0.4, -0.2) is 45.9 Å². The molecule has 1 aromatic carbocycles. The third-order valence-corrected chi connectivity index (χ3v) is 3.24. The van der Waals surface area contributed by atoms with E-state index in [1.54, 1.807) is 14.2 Å². The Morgan fingerprint density at radius 1 is 1.12 bits per heavy atom. The Labute approximate surface area is 163 Å². The second-order valence-electron chi connectivity index (χ2n) is 6.10. The number of methoxy groups -OCH3 is 1. The van der Waals surface area contributed by atoms with Gasteiger partial charge >= 0.3 is 0 Å². The van der Waals surface area contributed by atoms with E-state index in [2.05, 4.69) is 48.5 Å². The molecular weight excluding hydrogens is 417 g/mol. The fraction of sp³-hybridized carbons (Fsp3) is 0.611. The van der Waals surface area contributed by atoms with Gasteiger partial charge in [-0.1, -0.05) is 26.0 Å². The van der Waals surface area contributed by atoms with Crippen molar-refractivity contribution in [2.75, 3.05) is 33.9 Å². The maximum absolute atomic E-state index is 5.69. The van der Waals surface area contributed by atoms with Crippen LogP contribution in [0.25, 0.3) is 0 Å². The lowest BCUT2D eigenvalue weighted by Crippen LogP contribution is -2.44. The zero-order valence-corrected chi connectivity index (χ0v) is 17.8. The predicted octanol–water partition coefficient (Wildman–Crippen LogP) is 3.08. The van der Waals surface area contributed by atoms with Crippen LogP contribution in [0.4, 0.5) is 0 Å². The molecule has 0 saturated heterocycles. The molecule has 0 aliphatic rings. The van der Waals surface area contributed by atoms with E-state index in [-0.39, 0.29) is 30.0 Å². The Kier molecular flexibility index (Phi) is 12.7. The van der Waals surface area contributed by atoms with Gasteiger partial charge in [0.15, 0.2) is 5.96 Å². The van der Waals surface area contributed by atoms with Gasteiger partial charge in [-0.2, -0.15) is 0 Å². The number of benzene rings is 1. The van der Waals surface area contributed by atoms with Crippen LogP contribution in [0.5, 0.6) is 5.75 Å². The van der Waals surface area contributed by atoms with Gasteiger partial charge in [-0.05, 0) is 37.0 Å². The molecule has 0 fully saturated rings. The fourth-order valence-corrected chi connectivity index (χ4v) is 2.06. The van der Waals surface area contributed by atoms with Gasteiger partial charge in [0.05, 0.1) is 13.2 Å². The van der Waals surface area contributed by atoms with E-state index in [9.17, 15) is 0 Å². The number of nitrogens with zero attached hydrogens (tertiary/aromatic N) is 1. The van der Waals surface area contributed by atoms with Crippen LogP contribution in [0.2, 0.25) is 0 Å². The maximum Gasteiger partial charge on any atom is 0.191 e. The third kappa shape index (κ3) is 9.97. The van der Waals surface area contributed by atoms with E-state index < -0.39 is 0 Å². The first-order valence-electron chi connectivity index (χ1n) is 8.23. The third-order valence-electron chi connectivity index (χ3n) is 3.24. The minimum atomic E-state index is 0. The number of guanidine groups is 1. The summed E-state index contributed by atoms with van der Waals surface area (Å²) in [4.78, 5) is 4.22. The van der Waals surface area contributed by atoms with Crippen molar-refractivity contribution in [3.63, 3.8) is 0 Å². The highest BCUT2D eigenvalue weighted by molar-refractivity contribution is 14.0. The highest BCUT2D eigenvalue weighted by Gasteiger charge is 2.04. The monoisotopic (exact) mass is 449 g/mol. The van der Waals surface area contributed by atoms with Gasteiger partial charge in [0, 0.05) is 26.7 Å². The van der Waals surface area contributed by atoms with Gasteiger partial charge in [-0.25, -0.2) is 0 Å². The summed E-state index contributed by atoms with van der Waals surface area (Å²) in [6.07, 6.45) is 0.934. The Morgan fingerprint density at radius 2 is 1.79 bits per heavy atom. The first-order chi connectivity index (χ1) is 11.0. The number of halogens is 1. The molecule has 1 aromatic rings. The van der Waals surface area contributed by atoms with Crippen LogP contribution < -0.4 is 15.4 Å². The topological polar surface area (TPSA) is 54.9 Å². The molecule has 1 unspecified atom stereocenters. The Morgan fingerprint density at radius 3 is 2.33 bits per heavy atom. The average Bonchev–Trinajstić information content (AvgIpc) is 2.53. The lowest BCUT2D eigenvalue weighted by atomic mass is 10.1. The van der Waals surface area contributed by atoms with Gasteiger partial charge in [-0.15, -0.1) is 24.0 Å². The summed E-state index contributed by atoms with van der Waals surface area (Å²) in [5.74, 6) is 2.27. The van der Waals surface area contributed by atoms with Gasteiger partial charge in [0.2, 0.25) is 0 Å². The number of nitrogens with one attached hydrogen (secondary N) is 2. The van der Waals surface area contributed by atoms with Crippen LogP contribution >= 0.6 is 24.0 Å². The second kappa shape index (κ2) is 13.3. The van der Waals surface area contributed by atoms with Crippen molar-refractivity contribution < 1.29 is 9.47 Å². The van der Waals surface area contributed by atoms with E-state index in [1.807, 2.05) is 12.1 Å². The summed E-state index contributed by atoms with van der Waals surface area (Å²) in [5.41, 5.74) is 1.27. The molecule has 0 spiro atoms. The van der Waals surface area contributed by atoms with Crippen molar-refractivity contribution >= 4 is 29.9 Å². The normalized spacial score (nSPS) is 12.5. The molecule has 1 rings (SSSR count). The molecule has 0 aliphatic carbocycles. The van der Waals surface area contributed by atoms with Gasteiger partial charge in [0.1, 0.15) is 5.75 Å². The second-order valence-corrected chi connectivity index (χ2v) is 6.10. The molecule has 0 saturated carbocycles. The lowest BCUT2D eigenvalue weighted by Gasteiger charge is -2.17. The van der Waals surface area contributed by atoms with Crippen molar-refractivity contribution in [3.05, 3.63) is 29.8 Å². The molecular formula is C18H32IN3O2. The predicted molar refractivity (Wildman–Crippen MR) is 112 cm³/mol. The van der Waals surface area contributed by atoms with Crippen molar-refractivity contribution in [1.29, 1.82) is 0 Å². The number of rotatable bonds is 9. The zero-order chi connectivity index (χ0) is 17.1. The van der Waals surface area contributed by atoms with Crippen LogP contribution in [0.3, 0.4) is 0 Å². The Bertz CT molecular complexity index is 464. The summed E-state index contributed by atoms with van der Waals surface area (Å²) in [5, 5.41) is 6.60. The largest absolute Gasteiger partial charge is 0.493 e. The SMILES string of the molecule is CN=C(NCCc1ccc(OCC(C)C)cc1)NC(C)COC.I. The van der Waals surface area contributed by atoms with Gasteiger partial charge in [0.25, 0.3) is 0 Å². The minimum Gasteiger partial charge on any atom is -0.493 e. The van der Waals surface area contributed by atoms with Crippen molar-refractivity contribution in [1.82, 2.24) is 10.6 Å². The van der Waals surface area contributed by atoms with Gasteiger partial charge in [-0.3, -0.25) is 4.99 Å². The first kappa shape index (κ1) is 23.0. The summed E-state index contributed by atoms with van der Waals surface area (Å²) >= 11 is 0. The van der Waals surface area contributed by atoms with E-state index in [4.69, 9.17) is 9.47 Å². The van der Waals surface area contributed by atoms with E-state index in [1.165, 1.54) is 5.56 Å². The molecule has 6 heteroatoms. The summed E-state index contributed by atoms with van der Waals surface area (Å²) in [7, 11) is 3.47. The highest BCUT2D eigenvalue weighted by Crippen LogP contribution is 2.13. The molecule has 24 heavy (non-hydrogen) atoms. The molecule has 0 aliphatic heterocycles. The van der Waals surface area contributed by atoms with Crippen molar-refractivity contribution in [2.45, 2.75) is 33.2 Å². The van der Waals surface area contributed by atoms with E-state index in [0.717, 1.165) is 31.3 Å². The first-order valence-corrected chi connectivity index (χ1v) is 8.23. The molecule has 0 heterocycles. The molecule has 1 atom stereocenters. The van der Waals surface area contributed by atoms with Gasteiger partial charge < -0.3 is 20.1 Å². The maximum atomic E-state index is 5.69. The quantitative estimate of drug-likeness (QED) is 0.346. The molecule has 0 amide bonds. The van der Waals surface area contributed by atoms with Crippen LogP contribution in [-0.2, 0) is 11.2 Å². The van der Waals surface area contributed by atoms with Crippen molar-refractivity contribution in [2.24, 2.45) is 10.9 Å². The summed E-state index contributed by atoms with van der Waals surface area (Å²) in [6, 6.07) is 8.52. The van der Waals surface area contributed by atoms with Crippen LogP contribution in [0.15, 0.2) is 29.3 Å².